The van der Waals surface area contributed by atoms with Gasteiger partial charge in [-0.1, -0.05) is 50.1 Å². The van der Waals surface area contributed by atoms with Crippen molar-refractivity contribution in [3.63, 3.8) is 0 Å². The third-order valence-electron chi connectivity index (χ3n) is 6.14. The second-order valence-electron chi connectivity index (χ2n) is 8.74. The van der Waals surface area contributed by atoms with Crippen LogP contribution in [0.25, 0.3) is 0 Å². The number of imide groups is 1. The molecule has 0 bridgehead atoms. The summed E-state index contributed by atoms with van der Waals surface area (Å²) < 4.78 is 13.9. The van der Waals surface area contributed by atoms with E-state index >= 15 is 0 Å². The molecule has 2 heterocycles. The molecular formula is C26H30ClFN4O4. The fourth-order valence-electron chi connectivity index (χ4n) is 4.36. The van der Waals surface area contributed by atoms with Gasteiger partial charge in [-0.05, 0) is 43.2 Å². The van der Waals surface area contributed by atoms with Gasteiger partial charge in [0.1, 0.15) is 11.4 Å². The molecule has 2 fully saturated rings. The number of nitrogens with zero attached hydrogens (tertiary/aromatic N) is 3. The van der Waals surface area contributed by atoms with Gasteiger partial charge in [0.15, 0.2) is 0 Å². The fraction of sp³-hybridized carbons (Fsp3) is 0.385. The summed E-state index contributed by atoms with van der Waals surface area (Å²) in [6.07, 6.45) is 1.78. The van der Waals surface area contributed by atoms with Crippen LogP contribution in [-0.4, -0.2) is 65.8 Å². The van der Waals surface area contributed by atoms with Gasteiger partial charge in [0.2, 0.25) is 5.91 Å². The number of rotatable bonds is 4. The Hall–Kier alpha value is -3.46. The lowest BCUT2D eigenvalue weighted by molar-refractivity contribution is -0.136. The van der Waals surface area contributed by atoms with Gasteiger partial charge in [0.25, 0.3) is 11.8 Å². The maximum atomic E-state index is 13.9. The highest BCUT2D eigenvalue weighted by Crippen LogP contribution is 2.40. The Morgan fingerprint density at radius 1 is 1.06 bits per heavy atom. The van der Waals surface area contributed by atoms with Crippen LogP contribution >= 0.6 is 11.6 Å². The maximum Gasteiger partial charge on any atom is 0.331 e. The van der Waals surface area contributed by atoms with Crippen molar-refractivity contribution in [3.05, 3.63) is 64.9 Å². The minimum absolute atomic E-state index is 0.206. The number of carbonyl (C=O) groups excluding carboxylic acids is 4. The quantitative estimate of drug-likeness (QED) is 0.620. The third kappa shape index (κ3) is 5.36. The number of urea groups is 1. The zero-order chi connectivity index (χ0) is 26.5. The topological polar surface area (TPSA) is 90.0 Å². The zero-order valence-corrected chi connectivity index (χ0v) is 21.3. The van der Waals surface area contributed by atoms with E-state index < -0.39 is 23.3 Å². The van der Waals surface area contributed by atoms with Crippen LogP contribution in [0, 0.1) is 5.82 Å². The van der Waals surface area contributed by atoms with Crippen LogP contribution in [0.1, 0.15) is 43.5 Å². The number of likely N-dealkylation sites (tertiary alicyclic amines) is 1. The Morgan fingerprint density at radius 2 is 1.67 bits per heavy atom. The van der Waals surface area contributed by atoms with E-state index in [1.807, 2.05) is 6.07 Å². The molecule has 2 aromatic rings. The van der Waals surface area contributed by atoms with Gasteiger partial charge in [0.05, 0.1) is 12.1 Å². The summed E-state index contributed by atoms with van der Waals surface area (Å²) in [6.45, 7) is 4.39. The van der Waals surface area contributed by atoms with E-state index in [4.69, 9.17) is 11.6 Å². The van der Waals surface area contributed by atoms with Crippen LogP contribution in [0.2, 0.25) is 5.02 Å². The lowest BCUT2D eigenvalue weighted by Crippen LogP contribution is -2.58. The first-order valence-corrected chi connectivity index (χ1v) is 12.2. The highest BCUT2D eigenvalue weighted by atomic mass is 35.5. The van der Waals surface area contributed by atoms with Gasteiger partial charge in [0, 0.05) is 30.8 Å². The highest BCUT2D eigenvalue weighted by molar-refractivity contribution is 6.31. The molecule has 8 nitrogen and oxygen atoms in total. The number of piperidine rings is 1. The van der Waals surface area contributed by atoms with Crippen molar-refractivity contribution in [1.29, 1.82) is 0 Å². The van der Waals surface area contributed by atoms with Gasteiger partial charge in [-0.25, -0.2) is 9.18 Å². The first-order valence-electron chi connectivity index (χ1n) is 11.8. The van der Waals surface area contributed by atoms with E-state index in [0.717, 1.165) is 11.0 Å². The van der Waals surface area contributed by atoms with Crippen molar-refractivity contribution in [3.8, 4) is 0 Å². The molecule has 0 aromatic heterocycles. The van der Waals surface area contributed by atoms with Crippen LogP contribution in [0.3, 0.4) is 0 Å². The van der Waals surface area contributed by atoms with Crippen LogP contribution in [0.15, 0.2) is 48.5 Å². The summed E-state index contributed by atoms with van der Waals surface area (Å²) >= 11 is 5.81. The average molecular weight is 517 g/mol. The van der Waals surface area contributed by atoms with Crippen LogP contribution in [-0.2, 0) is 9.59 Å². The number of anilines is 1. The van der Waals surface area contributed by atoms with Crippen molar-refractivity contribution < 1.29 is 23.6 Å². The van der Waals surface area contributed by atoms with E-state index in [2.05, 4.69) is 19.2 Å². The number of hydrogen-bond donors (Lipinski definition) is 1. The van der Waals surface area contributed by atoms with E-state index in [9.17, 15) is 23.6 Å². The number of hydrogen-bond acceptors (Lipinski definition) is 4. The molecule has 1 spiro atoms. The van der Waals surface area contributed by atoms with Crippen LogP contribution in [0.4, 0.5) is 14.9 Å². The Kier molecular flexibility index (Phi) is 8.68. The summed E-state index contributed by atoms with van der Waals surface area (Å²) in [5.74, 6) is -2.14. The Bertz CT molecular complexity index is 1140. The van der Waals surface area contributed by atoms with E-state index in [1.54, 1.807) is 24.3 Å². The minimum Gasteiger partial charge on any atom is -0.343 e. The molecule has 2 aromatic carbocycles. The largest absolute Gasteiger partial charge is 0.343 e. The standard InChI is InChI=1S/C23H22ClFN4O4.C3H8/c1-27-21(32)23(29(22(27)33)16-5-3-2-4-6-16)9-11-28(12-10-23)19(30)14-26-20(31)17-13-15(24)7-8-18(17)25;1-3-2/h2-8,13H,9-12,14H2,1H3,(H,26,31);3H2,1-2H3. The number of halogens is 2. The van der Waals surface area contributed by atoms with Gasteiger partial charge < -0.3 is 10.2 Å². The molecule has 0 radical (unpaired) electrons. The molecule has 0 unspecified atom stereocenters. The lowest BCUT2D eigenvalue weighted by Gasteiger charge is -2.42. The highest BCUT2D eigenvalue weighted by Gasteiger charge is 2.57. The second-order valence-corrected chi connectivity index (χ2v) is 9.18. The van der Waals surface area contributed by atoms with Crippen LogP contribution in [0.5, 0.6) is 0 Å². The van der Waals surface area contributed by atoms with Crippen LogP contribution < -0.4 is 10.2 Å². The number of benzene rings is 2. The van der Waals surface area contributed by atoms with E-state index in [0.29, 0.717) is 5.69 Å². The molecule has 36 heavy (non-hydrogen) atoms. The molecule has 10 heteroatoms. The van der Waals surface area contributed by atoms with Gasteiger partial charge in [-0.2, -0.15) is 0 Å². The number of nitrogens with one attached hydrogen (secondary N) is 1. The smallest absolute Gasteiger partial charge is 0.331 e. The summed E-state index contributed by atoms with van der Waals surface area (Å²) in [7, 11) is 1.46. The SMILES string of the molecule is CCC.CN1C(=O)N(c2ccccc2)C2(CCN(C(=O)CNC(=O)c3cc(Cl)ccc3F)CC2)C1=O. The molecule has 2 saturated heterocycles. The molecule has 5 amide bonds. The predicted octanol–water partition coefficient (Wildman–Crippen LogP) is 4.09. The van der Waals surface area contributed by atoms with Crippen molar-refractivity contribution in [2.45, 2.75) is 38.6 Å². The predicted molar refractivity (Wildman–Crippen MR) is 135 cm³/mol. The summed E-state index contributed by atoms with van der Waals surface area (Å²) in [4.78, 5) is 54.9. The minimum atomic E-state index is -1.06. The molecule has 0 saturated carbocycles. The Morgan fingerprint density at radius 3 is 2.28 bits per heavy atom. The number of carbonyl (C=O) groups is 4. The number of para-hydroxylation sites is 1. The Labute approximate surface area is 215 Å². The van der Waals surface area contributed by atoms with Gasteiger partial charge >= 0.3 is 6.03 Å². The number of likely N-dealkylation sites (N-methyl/N-ethyl adjacent to an activating group) is 1. The first kappa shape index (κ1) is 27.1. The summed E-state index contributed by atoms with van der Waals surface area (Å²) in [6, 6.07) is 12.2. The first-order chi connectivity index (χ1) is 17.2. The summed E-state index contributed by atoms with van der Waals surface area (Å²) in [5.41, 5.74) is -0.683. The van der Waals surface area contributed by atoms with Crippen molar-refractivity contribution in [1.82, 2.24) is 15.1 Å². The molecular weight excluding hydrogens is 487 g/mol. The molecule has 0 aliphatic carbocycles. The molecule has 1 N–H and O–H groups in total. The van der Waals surface area contributed by atoms with Crippen molar-refractivity contribution in [2.75, 3.05) is 31.6 Å². The van der Waals surface area contributed by atoms with Crippen molar-refractivity contribution >= 4 is 41.0 Å². The van der Waals surface area contributed by atoms with Gasteiger partial charge in [-0.3, -0.25) is 24.2 Å². The monoisotopic (exact) mass is 516 g/mol. The molecule has 0 atom stereocenters. The third-order valence-corrected chi connectivity index (χ3v) is 6.37. The number of amides is 5. The summed E-state index contributed by atoms with van der Waals surface area (Å²) in [5, 5.41) is 2.62. The average Bonchev–Trinajstić information content (AvgIpc) is 3.05. The molecule has 2 aliphatic heterocycles. The van der Waals surface area contributed by atoms with Gasteiger partial charge in [-0.15, -0.1) is 0 Å². The Balaban J connectivity index is 0.00000115. The molecule has 4 rings (SSSR count). The normalized spacial score (nSPS) is 16.6. The zero-order valence-electron chi connectivity index (χ0n) is 20.6. The lowest BCUT2D eigenvalue weighted by atomic mass is 9.85. The molecule has 2 aliphatic rings. The fourth-order valence-corrected chi connectivity index (χ4v) is 4.53. The van der Waals surface area contributed by atoms with E-state index in [-0.39, 0.29) is 54.9 Å². The van der Waals surface area contributed by atoms with E-state index in [1.165, 1.54) is 35.4 Å². The molecule has 192 valence electrons. The maximum absolute atomic E-state index is 13.9. The van der Waals surface area contributed by atoms with Crippen molar-refractivity contribution in [2.24, 2.45) is 0 Å². The second kappa shape index (κ2) is 11.5.